The minimum Gasteiger partial charge on any atom is -0.0936 e. The number of hydrogen-bond donors (Lipinski definition) is 0. The molecular weight excluding hydrogens is 200 g/mol. The molecule has 0 aromatic carbocycles. The molecule has 0 radical (unpaired) electrons. The molecule has 0 N–H and O–H groups in total. The van der Waals surface area contributed by atoms with Gasteiger partial charge in [-0.3, -0.25) is 0 Å². The molecule has 0 spiro atoms. The van der Waals surface area contributed by atoms with Crippen molar-refractivity contribution in [2.24, 2.45) is 5.41 Å². The van der Waals surface area contributed by atoms with Crippen LogP contribution in [0.4, 0.5) is 0 Å². The summed E-state index contributed by atoms with van der Waals surface area (Å²) >= 11 is 1.99. The van der Waals surface area contributed by atoms with Crippen molar-refractivity contribution in [1.82, 2.24) is 0 Å². The van der Waals surface area contributed by atoms with E-state index >= 15 is 0 Å². The molecule has 1 aliphatic heterocycles. The summed E-state index contributed by atoms with van der Waals surface area (Å²) in [5.74, 6) is 0. The lowest BCUT2D eigenvalue weighted by molar-refractivity contribution is 0.489. The van der Waals surface area contributed by atoms with Crippen LogP contribution in [0.3, 0.4) is 0 Å². The van der Waals surface area contributed by atoms with Crippen molar-refractivity contribution in [1.29, 1.82) is 0 Å². The van der Waals surface area contributed by atoms with Crippen LogP contribution in [-0.4, -0.2) is 0 Å². The highest BCUT2D eigenvalue weighted by Crippen LogP contribution is 2.59. The Morgan fingerprint density at radius 2 is 2.27 bits per heavy atom. The van der Waals surface area contributed by atoms with Gasteiger partial charge in [-0.1, -0.05) is 42.5 Å². The zero-order valence-corrected chi connectivity index (χ0v) is 10.2. The zero-order valence-electron chi connectivity index (χ0n) is 9.34. The lowest BCUT2D eigenvalue weighted by Gasteiger charge is -2.31. The summed E-state index contributed by atoms with van der Waals surface area (Å²) in [6.07, 6.45) is 13.1. The van der Waals surface area contributed by atoms with Gasteiger partial charge in [0.15, 0.2) is 0 Å². The standard InChI is InChI=1S/C14H16S/c1-10-7-8-14(2)11-5-3-4-6-12(11)15-13(14)9-10/h4,6-7,9H,3,5,8H2,1-2H3. The Labute approximate surface area is 95.8 Å². The summed E-state index contributed by atoms with van der Waals surface area (Å²) in [5, 5.41) is 0. The van der Waals surface area contributed by atoms with E-state index in [9.17, 15) is 0 Å². The predicted molar refractivity (Wildman–Crippen MR) is 67.6 cm³/mol. The lowest BCUT2D eigenvalue weighted by atomic mass is 9.73. The van der Waals surface area contributed by atoms with Gasteiger partial charge < -0.3 is 0 Å². The van der Waals surface area contributed by atoms with Crippen LogP contribution in [0.15, 0.2) is 45.3 Å². The molecule has 78 valence electrons. The molecule has 0 bridgehead atoms. The molecule has 0 saturated carbocycles. The molecule has 0 fully saturated rings. The minimum atomic E-state index is 0.338. The molecule has 3 rings (SSSR count). The Kier molecular flexibility index (Phi) is 2.00. The van der Waals surface area contributed by atoms with Crippen LogP contribution in [0.25, 0.3) is 0 Å². The first kappa shape index (κ1) is 9.53. The van der Waals surface area contributed by atoms with Crippen LogP contribution >= 0.6 is 11.8 Å². The second kappa shape index (κ2) is 3.15. The van der Waals surface area contributed by atoms with Gasteiger partial charge in [0.1, 0.15) is 0 Å². The van der Waals surface area contributed by atoms with E-state index in [1.165, 1.54) is 29.7 Å². The van der Waals surface area contributed by atoms with Crippen molar-refractivity contribution in [3.05, 3.63) is 45.3 Å². The average molecular weight is 216 g/mol. The van der Waals surface area contributed by atoms with E-state index in [-0.39, 0.29) is 0 Å². The van der Waals surface area contributed by atoms with Gasteiger partial charge in [-0.15, -0.1) is 0 Å². The summed E-state index contributed by atoms with van der Waals surface area (Å²) < 4.78 is 0. The smallest absolute Gasteiger partial charge is 0.0245 e. The summed E-state index contributed by atoms with van der Waals surface area (Å²) in [7, 11) is 0. The fraction of sp³-hybridized carbons (Fsp3) is 0.429. The molecule has 1 heteroatoms. The third-order valence-electron chi connectivity index (χ3n) is 3.75. The normalized spacial score (nSPS) is 33.5. The average Bonchev–Trinajstić information content (AvgIpc) is 2.52. The monoisotopic (exact) mass is 216 g/mol. The molecular formula is C14H16S. The quantitative estimate of drug-likeness (QED) is 0.571. The highest BCUT2D eigenvalue weighted by atomic mass is 32.2. The van der Waals surface area contributed by atoms with Gasteiger partial charge in [-0.25, -0.2) is 0 Å². The Morgan fingerprint density at radius 1 is 1.40 bits per heavy atom. The first-order chi connectivity index (χ1) is 7.20. The number of rotatable bonds is 0. The van der Waals surface area contributed by atoms with Crippen molar-refractivity contribution >= 4 is 11.8 Å². The van der Waals surface area contributed by atoms with Gasteiger partial charge >= 0.3 is 0 Å². The van der Waals surface area contributed by atoms with Crippen LogP contribution in [0.2, 0.25) is 0 Å². The van der Waals surface area contributed by atoms with E-state index in [0.717, 1.165) is 0 Å². The fourth-order valence-electron chi connectivity index (χ4n) is 2.71. The number of thioether (sulfide) groups is 1. The van der Waals surface area contributed by atoms with Gasteiger partial charge in [-0.2, -0.15) is 0 Å². The minimum absolute atomic E-state index is 0.338. The van der Waals surface area contributed by atoms with Crippen molar-refractivity contribution < 1.29 is 0 Å². The maximum atomic E-state index is 2.41. The van der Waals surface area contributed by atoms with Crippen molar-refractivity contribution in [3.8, 4) is 0 Å². The molecule has 15 heavy (non-hydrogen) atoms. The number of hydrogen-bond acceptors (Lipinski definition) is 1. The Morgan fingerprint density at radius 3 is 3.13 bits per heavy atom. The molecule has 0 nitrogen and oxygen atoms in total. The molecule has 2 aliphatic carbocycles. The fourth-order valence-corrected chi connectivity index (χ4v) is 4.24. The molecule has 3 aliphatic rings. The molecule has 1 unspecified atom stereocenters. The van der Waals surface area contributed by atoms with E-state index in [1.54, 1.807) is 10.5 Å². The Bertz CT molecular complexity index is 434. The second-order valence-electron chi connectivity index (χ2n) is 4.88. The third-order valence-corrected chi connectivity index (χ3v) is 5.14. The van der Waals surface area contributed by atoms with Crippen LogP contribution in [0, 0.1) is 5.41 Å². The maximum absolute atomic E-state index is 2.41. The summed E-state index contributed by atoms with van der Waals surface area (Å²) in [6.45, 7) is 4.62. The Balaban J connectivity index is 2.08. The second-order valence-corrected chi connectivity index (χ2v) is 5.96. The van der Waals surface area contributed by atoms with Crippen LogP contribution in [0.1, 0.15) is 33.1 Å². The van der Waals surface area contributed by atoms with E-state index in [0.29, 0.717) is 5.41 Å². The topological polar surface area (TPSA) is 0 Å². The zero-order chi connectivity index (χ0) is 10.5. The highest BCUT2D eigenvalue weighted by molar-refractivity contribution is 8.07. The van der Waals surface area contributed by atoms with Crippen LogP contribution in [0.5, 0.6) is 0 Å². The van der Waals surface area contributed by atoms with Gasteiger partial charge in [-0.05, 0) is 37.8 Å². The van der Waals surface area contributed by atoms with E-state index in [1.807, 2.05) is 11.8 Å². The molecule has 0 aromatic heterocycles. The first-order valence-corrected chi connectivity index (χ1v) is 6.49. The van der Waals surface area contributed by atoms with E-state index in [4.69, 9.17) is 0 Å². The van der Waals surface area contributed by atoms with E-state index in [2.05, 4.69) is 38.2 Å². The van der Waals surface area contributed by atoms with Crippen molar-refractivity contribution in [2.45, 2.75) is 33.1 Å². The van der Waals surface area contributed by atoms with Gasteiger partial charge in [0.2, 0.25) is 0 Å². The van der Waals surface area contributed by atoms with Crippen molar-refractivity contribution in [2.75, 3.05) is 0 Å². The lowest BCUT2D eigenvalue weighted by Crippen LogP contribution is -2.19. The van der Waals surface area contributed by atoms with E-state index < -0.39 is 0 Å². The maximum Gasteiger partial charge on any atom is 0.0245 e. The summed E-state index contributed by atoms with van der Waals surface area (Å²) in [5.41, 5.74) is 3.45. The van der Waals surface area contributed by atoms with Crippen LogP contribution in [-0.2, 0) is 0 Å². The molecule has 0 amide bonds. The third kappa shape index (κ3) is 1.29. The number of fused-ring (bicyclic) bond motifs is 2. The molecule has 1 heterocycles. The highest BCUT2D eigenvalue weighted by Gasteiger charge is 2.41. The summed E-state index contributed by atoms with van der Waals surface area (Å²) in [6, 6.07) is 0. The van der Waals surface area contributed by atoms with Gasteiger partial charge in [0, 0.05) is 15.2 Å². The van der Waals surface area contributed by atoms with Gasteiger partial charge in [0.05, 0.1) is 0 Å². The Hall–Kier alpha value is -0.690. The molecule has 1 atom stereocenters. The first-order valence-electron chi connectivity index (χ1n) is 5.67. The van der Waals surface area contributed by atoms with Crippen molar-refractivity contribution in [3.63, 3.8) is 0 Å². The predicted octanol–water partition coefficient (Wildman–Crippen LogP) is 4.58. The van der Waals surface area contributed by atoms with Crippen LogP contribution < -0.4 is 0 Å². The SMILES string of the molecule is CC1=CCC2(C)C(=C1)SC1=C2CCC=C1. The number of allylic oxidation sites excluding steroid dienone is 7. The molecule has 0 aromatic rings. The molecule has 0 saturated heterocycles. The van der Waals surface area contributed by atoms with Gasteiger partial charge in [0.25, 0.3) is 0 Å². The summed E-state index contributed by atoms with van der Waals surface area (Å²) in [4.78, 5) is 3.09. The largest absolute Gasteiger partial charge is 0.0936 e.